The van der Waals surface area contributed by atoms with Crippen LogP contribution in [0.2, 0.25) is 10.0 Å². The lowest BCUT2D eigenvalue weighted by molar-refractivity contribution is 0.852. The summed E-state index contributed by atoms with van der Waals surface area (Å²) in [5.74, 6) is 2.01. The summed E-state index contributed by atoms with van der Waals surface area (Å²) in [6, 6.07) is 13.6. The predicted octanol–water partition coefficient (Wildman–Crippen LogP) is 5.96. The number of halogens is 2. The monoisotopic (exact) mass is 442 g/mol. The third kappa shape index (κ3) is 4.02. The number of aryl methyl sites for hydroxylation is 1. The van der Waals surface area contributed by atoms with Crippen LogP contribution in [-0.2, 0) is 19.3 Å². The molecule has 2 heterocycles. The first-order chi connectivity index (χ1) is 14.0. The third-order valence-electron chi connectivity index (χ3n) is 5.01. The number of fused-ring (bicyclic) bond motifs is 3. The van der Waals surface area contributed by atoms with E-state index in [1.165, 1.54) is 5.56 Å². The molecule has 3 nitrogen and oxygen atoms in total. The molecule has 0 atom stereocenters. The van der Waals surface area contributed by atoms with Gasteiger partial charge in [-0.3, -0.25) is 9.79 Å². The fourth-order valence-electron chi connectivity index (χ4n) is 3.53. The van der Waals surface area contributed by atoms with Gasteiger partial charge in [0.05, 0.1) is 17.3 Å². The molecule has 0 N–H and O–H groups in total. The Hall–Kier alpha value is -2.01. The molecule has 148 valence electrons. The van der Waals surface area contributed by atoms with E-state index in [0.29, 0.717) is 16.6 Å². The maximum absolute atomic E-state index is 12.2. The first-order valence-electron chi connectivity index (χ1n) is 9.38. The summed E-state index contributed by atoms with van der Waals surface area (Å²) in [5.41, 5.74) is 6.92. The van der Waals surface area contributed by atoms with Gasteiger partial charge in [-0.25, -0.2) is 0 Å². The van der Waals surface area contributed by atoms with Crippen molar-refractivity contribution in [1.82, 2.24) is 4.57 Å². The van der Waals surface area contributed by atoms with E-state index in [9.17, 15) is 4.79 Å². The van der Waals surface area contributed by atoms with E-state index >= 15 is 0 Å². The van der Waals surface area contributed by atoms with Crippen LogP contribution in [0.4, 0.5) is 0 Å². The van der Waals surface area contributed by atoms with E-state index < -0.39 is 0 Å². The normalized spacial score (nSPS) is 12.8. The minimum Gasteiger partial charge on any atom is -0.318 e. The highest BCUT2D eigenvalue weighted by Gasteiger charge is 2.22. The number of thioether (sulfide) groups is 1. The third-order valence-corrected chi connectivity index (χ3v) is 6.50. The second-order valence-electron chi connectivity index (χ2n) is 6.97. The topological polar surface area (TPSA) is 34.4 Å². The minimum absolute atomic E-state index is 0.0360. The lowest BCUT2D eigenvalue weighted by Crippen LogP contribution is -2.16. The molecular formula is C23H20Cl2N2OS. The highest BCUT2D eigenvalue weighted by molar-refractivity contribution is 7.98. The molecule has 1 aliphatic heterocycles. The smallest absolute Gasteiger partial charge is 0.250 e. The van der Waals surface area contributed by atoms with E-state index in [2.05, 4.69) is 25.1 Å². The van der Waals surface area contributed by atoms with Crippen molar-refractivity contribution >= 4 is 40.7 Å². The molecule has 0 aliphatic carbocycles. The number of hydrogen-bond acceptors (Lipinski definition) is 3. The van der Waals surface area contributed by atoms with Gasteiger partial charge in [0.15, 0.2) is 0 Å². The molecule has 6 heteroatoms. The molecule has 0 amide bonds. The molecule has 4 rings (SSSR count). The van der Waals surface area contributed by atoms with E-state index in [-0.39, 0.29) is 5.56 Å². The van der Waals surface area contributed by atoms with Crippen LogP contribution < -0.4 is 5.56 Å². The lowest BCUT2D eigenvalue weighted by Gasteiger charge is -2.15. The van der Waals surface area contributed by atoms with Crippen molar-refractivity contribution < 1.29 is 0 Å². The Bertz CT molecular complexity index is 1180. The van der Waals surface area contributed by atoms with Crippen LogP contribution in [0.1, 0.15) is 29.2 Å². The fourth-order valence-corrected chi connectivity index (χ4v) is 4.65. The van der Waals surface area contributed by atoms with Crippen molar-refractivity contribution in [2.45, 2.75) is 19.2 Å². The van der Waals surface area contributed by atoms with Crippen LogP contribution in [0.15, 0.2) is 58.4 Å². The molecule has 0 bridgehead atoms. The Balaban J connectivity index is 1.96. The van der Waals surface area contributed by atoms with E-state index in [1.54, 1.807) is 23.7 Å². The second-order valence-corrected chi connectivity index (χ2v) is 9.09. The zero-order valence-corrected chi connectivity index (χ0v) is 18.5. The lowest BCUT2D eigenvalue weighted by atomic mass is 9.92. The quantitative estimate of drug-likeness (QED) is 0.499. The fraction of sp³-hybridized carbons (Fsp3) is 0.217. The first kappa shape index (κ1) is 20.3. The number of aliphatic imine (C=N–C) groups is 1. The summed E-state index contributed by atoms with van der Waals surface area (Å²) in [7, 11) is 1.78. The van der Waals surface area contributed by atoms with E-state index in [1.807, 2.05) is 30.1 Å². The van der Waals surface area contributed by atoms with Gasteiger partial charge in [-0.15, -0.1) is 0 Å². The van der Waals surface area contributed by atoms with Gasteiger partial charge in [0.1, 0.15) is 0 Å². The number of rotatable bonds is 4. The SMILES string of the molecule is CCSCc1ccc2c(c1)-c1cn(C)c(=O)cc1CN=C2c1ccc(Cl)cc1Cl. The van der Waals surface area contributed by atoms with Gasteiger partial charge < -0.3 is 4.57 Å². The van der Waals surface area contributed by atoms with Crippen LogP contribution in [-0.4, -0.2) is 16.0 Å². The van der Waals surface area contributed by atoms with Crippen molar-refractivity contribution in [3.63, 3.8) is 0 Å². The van der Waals surface area contributed by atoms with Gasteiger partial charge in [0.2, 0.25) is 0 Å². The zero-order valence-electron chi connectivity index (χ0n) is 16.2. The molecule has 0 fully saturated rings. The number of pyridine rings is 1. The molecule has 0 radical (unpaired) electrons. The largest absolute Gasteiger partial charge is 0.318 e. The number of benzene rings is 2. The first-order valence-corrected chi connectivity index (χ1v) is 11.3. The van der Waals surface area contributed by atoms with Crippen LogP contribution in [0.5, 0.6) is 0 Å². The Morgan fingerprint density at radius 3 is 2.59 bits per heavy atom. The molecule has 2 aromatic carbocycles. The molecule has 1 aliphatic rings. The molecule has 0 unspecified atom stereocenters. The van der Waals surface area contributed by atoms with Crippen molar-refractivity contribution in [1.29, 1.82) is 0 Å². The average Bonchev–Trinajstić information content (AvgIpc) is 2.84. The summed E-state index contributed by atoms with van der Waals surface area (Å²) >= 11 is 14.5. The maximum atomic E-state index is 12.2. The summed E-state index contributed by atoms with van der Waals surface area (Å²) in [6.07, 6.45) is 1.91. The van der Waals surface area contributed by atoms with Crippen LogP contribution in [0.3, 0.4) is 0 Å². The molecule has 29 heavy (non-hydrogen) atoms. The van der Waals surface area contributed by atoms with Crippen LogP contribution in [0, 0.1) is 0 Å². The highest BCUT2D eigenvalue weighted by atomic mass is 35.5. The summed E-state index contributed by atoms with van der Waals surface area (Å²) in [6.45, 7) is 2.58. The van der Waals surface area contributed by atoms with Crippen LogP contribution >= 0.6 is 35.0 Å². The molecule has 0 spiro atoms. The standard InChI is InChI=1S/C23H20Cl2N2OS/c1-3-29-13-14-4-6-17-19(8-14)20-12-27(2)22(28)9-15(20)11-26-23(17)18-7-5-16(24)10-21(18)25/h4-10,12H,3,11,13H2,1-2H3. The minimum atomic E-state index is -0.0360. The maximum Gasteiger partial charge on any atom is 0.250 e. The van der Waals surface area contributed by atoms with Gasteiger partial charge in [-0.2, -0.15) is 11.8 Å². The van der Waals surface area contributed by atoms with Gasteiger partial charge in [-0.1, -0.05) is 42.3 Å². The van der Waals surface area contributed by atoms with Crippen molar-refractivity contribution in [2.75, 3.05) is 5.75 Å². The van der Waals surface area contributed by atoms with Gasteiger partial charge >= 0.3 is 0 Å². The van der Waals surface area contributed by atoms with Crippen molar-refractivity contribution in [3.8, 4) is 11.1 Å². The predicted molar refractivity (Wildman–Crippen MR) is 125 cm³/mol. The van der Waals surface area contributed by atoms with Gasteiger partial charge in [0, 0.05) is 46.8 Å². The number of aromatic nitrogens is 1. The molecule has 0 saturated heterocycles. The molecule has 0 saturated carbocycles. The van der Waals surface area contributed by atoms with E-state index in [0.717, 1.165) is 45.0 Å². The van der Waals surface area contributed by atoms with Gasteiger partial charge in [-0.05, 0) is 46.7 Å². The van der Waals surface area contributed by atoms with Crippen LogP contribution in [0.25, 0.3) is 11.1 Å². The average molecular weight is 443 g/mol. The number of hydrogen-bond donors (Lipinski definition) is 0. The zero-order chi connectivity index (χ0) is 20.5. The molecule has 3 aromatic rings. The number of nitrogens with zero attached hydrogens (tertiary/aromatic N) is 2. The highest BCUT2D eigenvalue weighted by Crippen LogP contribution is 2.35. The van der Waals surface area contributed by atoms with E-state index in [4.69, 9.17) is 28.2 Å². The molecular weight excluding hydrogens is 423 g/mol. The Morgan fingerprint density at radius 1 is 1.03 bits per heavy atom. The summed E-state index contributed by atoms with van der Waals surface area (Å²) in [4.78, 5) is 17.1. The summed E-state index contributed by atoms with van der Waals surface area (Å²) in [5, 5.41) is 1.15. The second kappa shape index (κ2) is 8.39. The Morgan fingerprint density at radius 2 is 1.83 bits per heavy atom. The van der Waals surface area contributed by atoms with Crippen molar-refractivity contribution in [3.05, 3.63) is 91.3 Å². The Labute approximate surface area is 184 Å². The van der Waals surface area contributed by atoms with Crippen molar-refractivity contribution in [2.24, 2.45) is 12.0 Å². The van der Waals surface area contributed by atoms with Gasteiger partial charge in [0.25, 0.3) is 5.56 Å². The molecule has 1 aromatic heterocycles. The summed E-state index contributed by atoms with van der Waals surface area (Å²) < 4.78 is 1.62. The Kier molecular flexibility index (Phi) is 5.86.